The summed E-state index contributed by atoms with van der Waals surface area (Å²) < 4.78 is 3.33. The van der Waals surface area contributed by atoms with Crippen molar-refractivity contribution in [2.75, 3.05) is 0 Å². The van der Waals surface area contributed by atoms with Gasteiger partial charge in [-0.05, 0) is 78.9 Å². The van der Waals surface area contributed by atoms with Gasteiger partial charge in [-0.1, -0.05) is 76.6 Å². The third-order valence-corrected chi connectivity index (χ3v) is 7.85. The number of aryl methyl sites for hydroxylation is 1. The molecule has 4 nitrogen and oxygen atoms in total. The molecule has 1 heterocycles. The van der Waals surface area contributed by atoms with Crippen molar-refractivity contribution in [1.29, 1.82) is 0 Å². The van der Waals surface area contributed by atoms with E-state index in [4.69, 9.17) is 0 Å². The molecule has 0 bridgehead atoms. The fourth-order valence-corrected chi connectivity index (χ4v) is 5.23. The Morgan fingerprint density at radius 3 is 2.37 bits per heavy atom. The van der Waals surface area contributed by atoms with Crippen LogP contribution in [-0.2, 0) is 6.54 Å². The first-order valence-corrected chi connectivity index (χ1v) is 13.4. The van der Waals surface area contributed by atoms with Gasteiger partial charge in [0.15, 0.2) is 0 Å². The Kier molecular flexibility index (Phi) is 7.30. The van der Waals surface area contributed by atoms with Crippen LogP contribution in [0.1, 0.15) is 56.1 Å². The minimum Gasteiger partial charge on any atom is -0.346 e. The van der Waals surface area contributed by atoms with E-state index in [9.17, 15) is 9.59 Å². The summed E-state index contributed by atoms with van der Waals surface area (Å²) in [6.45, 7) is 6.94. The van der Waals surface area contributed by atoms with Gasteiger partial charge in [0.1, 0.15) is 6.29 Å². The molecule has 1 amide bonds. The molecule has 0 aliphatic rings. The molecule has 1 aromatic heterocycles. The lowest BCUT2D eigenvalue weighted by atomic mass is 9.98. The zero-order valence-electron chi connectivity index (χ0n) is 21.7. The number of fused-ring (bicyclic) bond motifs is 1. The van der Waals surface area contributed by atoms with Gasteiger partial charge in [-0.3, -0.25) is 9.59 Å². The standard InChI is InChI=1S/C33H29BrN2O2/c1-21-23(3)36(19-28-6-4-5-7-30(28)26-10-8-24(20-37)9-11-26)32-17-14-27(18-31(21)32)33(38)35-22(2)25-12-15-29(34)16-13-25/h4-18,20,22H,19H2,1-3H3,(H,35,38)/t22-/m0/s1. The summed E-state index contributed by atoms with van der Waals surface area (Å²) in [6, 6.07) is 29.9. The van der Waals surface area contributed by atoms with E-state index in [0.29, 0.717) is 17.7 Å². The second-order valence-corrected chi connectivity index (χ2v) is 10.6. The van der Waals surface area contributed by atoms with Crippen LogP contribution in [0.4, 0.5) is 0 Å². The maximum atomic E-state index is 13.1. The molecular formula is C33H29BrN2O2. The van der Waals surface area contributed by atoms with E-state index in [1.54, 1.807) is 0 Å². The number of aldehydes is 1. The topological polar surface area (TPSA) is 51.1 Å². The van der Waals surface area contributed by atoms with Crippen molar-refractivity contribution in [3.8, 4) is 11.1 Å². The first-order chi connectivity index (χ1) is 18.4. The highest BCUT2D eigenvalue weighted by Gasteiger charge is 2.17. The molecule has 5 aromatic rings. The normalized spacial score (nSPS) is 11.9. The summed E-state index contributed by atoms with van der Waals surface area (Å²) in [4.78, 5) is 24.2. The number of halogens is 1. The summed E-state index contributed by atoms with van der Waals surface area (Å²) in [5.74, 6) is -0.0868. The maximum absolute atomic E-state index is 13.1. The van der Waals surface area contributed by atoms with E-state index in [2.05, 4.69) is 63.9 Å². The van der Waals surface area contributed by atoms with Crippen LogP contribution in [0.25, 0.3) is 22.0 Å². The van der Waals surface area contributed by atoms with Crippen LogP contribution >= 0.6 is 15.9 Å². The van der Waals surface area contributed by atoms with E-state index in [1.807, 2.05) is 73.7 Å². The highest BCUT2D eigenvalue weighted by Crippen LogP contribution is 2.30. The molecule has 1 atom stereocenters. The van der Waals surface area contributed by atoms with E-state index in [1.165, 1.54) is 16.8 Å². The molecule has 1 N–H and O–H groups in total. The van der Waals surface area contributed by atoms with E-state index in [0.717, 1.165) is 38.4 Å². The van der Waals surface area contributed by atoms with Gasteiger partial charge >= 0.3 is 0 Å². The number of nitrogens with zero attached hydrogens (tertiary/aromatic N) is 1. The lowest BCUT2D eigenvalue weighted by molar-refractivity contribution is 0.0939. The monoisotopic (exact) mass is 564 g/mol. The SMILES string of the molecule is Cc1c(C)n(Cc2ccccc2-c2ccc(C=O)cc2)c2ccc(C(=O)N[C@@H](C)c3ccc(Br)cc3)cc12. The van der Waals surface area contributed by atoms with Crippen LogP contribution in [0.5, 0.6) is 0 Å². The van der Waals surface area contributed by atoms with Gasteiger partial charge in [0.05, 0.1) is 6.04 Å². The van der Waals surface area contributed by atoms with Crippen LogP contribution in [-0.4, -0.2) is 16.8 Å². The molecule has 0 saturated carbocycles. The van der Waals surface area contributed by atoms with Crippen molar-refractivity contribution in [3.63, 3.8) is 0 Å². The quantitative estimate of drug-likeness (QED) is 0.203. The fraction of sp³-hybridized carbons (Fsp3) is 0.152. The highest BCUT2D eigenvalue weighted by atomic mass is 79.9. The molecule has 0 fully saturated rings. The number of amides is 1. The molecule has 4 aromatic carbocycles. The summed E-state index contributed by atoms with van der Waals surface area (Å²) in [6.07, 6.45) is 0.865. The van der Waals surface area contributed by atoms with Gasteiger partial charge < -0.3 is 9.88 Å². The number of carbonyl (C=O) groups is 2. The summed E-state index contributed by atoms with van der Waals surface area (Å²) in [5.41, 5.74) is 9.23. The van der Waals surface area contributed by atoms with Gasteiger partial charge in [0.2, 0.25) is 0 Å². The van der Waals surface area contributed by atoms with Crippen molar-refractivity contribution in [3.05, 3.63) is 129 Å². The van der Waals surface area contributed by atoms with Gasteiger partial charge in [0.25, 0.3) is 5.91 Å². The molecule has 0 aliphatic carbocycles. The molecule has 0 aliphatic heterocycles. The average molecular weight is 566 g/mol. The van der Waals surface area contributed by atoms with Crippen molar-refractivity contribution in [2.24, 2.45) is 0 Å². The van der Waals surface area contributed by atoms with E-state index >= 15 is 0 Å². The number of rotatable bonds is 7. The Bertz CT molecular complexity index is 1630. The third kappa shape index (κ3) is 5.07. The molecule has 190 valence electrons. The Hall–Kier alpha value is -3.96. The molecule has 0 unspecified atom stereocenters. The van der Waals surface area contributed by atoms with Crippen LogP contribution in [0.3, 0.4) is 0 Å². The van der Waals surface area contributed by atoms with Gasteiger partial charge in [-0.25, -0.2) is 0 Å². The maximum Gasteiger partial charge on any atom is 0.251 e. The van der Waals surface area contributed by atoms with Gasteiger partial charge in [0, 0.05) is 38.7 Å². The zero-order valence-corrected chi connectivity index (χ0v) is 23.2. The summed E-state index contributed by atoms with van der Waals surface area (Å²) in [5, 5.41) is 4.21. The fourth-order valence-electron chi connectivity index (χ4n) is 4.96. The van der Waals surface area contributed by atoms with Crippen LogP contribution < -0.4 is 5.32 Å². The lowest BCUT2D eigenvalue weighted by Crippen LogP contribution is -2.26. The van der Waals surface area contributed by atoms with Crippen LogP contribution in [0, 0.1) is 13.8 Å². The Labute approximate surface area is 231 Å². The number of hydrogen-bond acceptors (Lipinski definition) is 2. The molecule has 5 rings (SSSR count). The Morgan fingerprint density at radius 1 is 0.947 bits per heavy atom. The van der Waals surface area contributed by atoms with Crippen LogP contribution in [0.15, 0.2) is 95.5 Å². The minimum absolute atomic E-state index is 0.0868. The number of carbonyl (C=O) groups excluding carboxylic acids is 2. The third-order valence-electron chi connectivity index (χ3n) is 7.32. The summed E-state index contributed by atoms with van der Waals surface area (Å²) in [7, 11) is 0. The second kappa shape index (κ2) is 10.8. The zero-order chi connectivity index (χ0) is 26.8. The molecule has 0 radical (unpaired) electrons. The Morgan fingerprint density at radius 2 is 1.66 bits per heavy atom. The van der Waals surface area contributed by atoms with Crippen molar-refractivity contribution >= 4 is 39.0 Å². The van der Waals surface area contributed by atoms with Crippen molar-refractivity contribution in [2.45, 2.75) is 33.4 Å². The Balaban J connectivity index is 1.44. The number of hydrogen-bond donors (Lipinski definition) is 1. The number of benzene rings is 4. The molecular weight excluding hydrogens is 536 g/mol. The van der Waals surface area contributed by atoms with Gasteiger partial charge in [-0.2, -0.15) is 0 Å². The molecule has 38 heavy (non-hydrogen) atoms. The second-order valence-electron chi connectivity index (χ2n) is 9.67. The predicted octanol–water partition coefficient (Wildman–Crippen LogP) is 8.04. The lowest BCUT2D eigenvalue weighted by Gasteiger charge is -2.15. The first kappa shape index (κ1) is 25.7. The number of nitrogens with one attached hydrogen (secondary N) is 1. The molecule has 0 spiro atoms. The van der Waals surface area contributed by atoms with E-state index in [-0.39, 0.29) is 11.9 Å². The first-order valence-electron chi connectivity index (χ1n) is 12.6. The van der Waals surface area contributed by atoms with Crippen LogP contribution in [0.2, 0.25) is 0 Å². The van der Waals surface area contributed by atoms with E-state index < -0.39 is 0 Å². The summed E-state index contributed by atoms with van der Waals surface area (Å²) >= 11 is 3.46. The number of aromatic nitrogens is 1. The minimum atomic E-state index is -0.101. The van der Waals surface area contributed by atoms with Crippen molar-refractivity contribution < 1.29 is 9.59 Å². The smallest absolute Gasteiger partial charge is 0.251 e. The predicted molar refractivity (Wildman–Crippen MR) is 158 cm³/mol. The average Bonchev–Trinajstić information content (AvgIpc) is 3.18. The molecule has 0 saturated heterocycles. The largest absolute Gasteiger partial charge is 0.346 e. The van der Waals surface area contributed by atoms with Gasteiger partial charge in [-0.15, -0.1) is 0 Å². The van der Waals surface area contributed by atoms with Crippen molar-refractivity contribution in [1.82, 2.24) is 9.88 Å². The highest BCUT2D eigenvalue weighted by molar-refractivity contribution is 9.10. The molecule has 5 heteroatoms.